The van der Waals surface area contributed by atoms with Crippen LogP contribution in [0.5, 0.6) is 0 Å². The molecule has 2 aromatic rings. The van der Waals surface area contributed by atoms with Crippen molar-refractivity contribution in [3.63, 3.8) is 0 Å². The first-order valence-electron chi connectivity index (χ1n) is 8.52. The van der Waals surface area contributed by atoms with Gasteiger partial charge in [-0.05, 0) is 36.1 Å². The zero-order valence-electron chi connectivity index (χ0n) is 14.1. The van der Waals surface area contributed by atoms with Crippen molar-refractivity contribution in [2.75, 3.05) is 13.1 Å². The Balaban J connectivity index is 1.42. The van der Waals surface area contributed by atoms with E-state index in [2.05, 4.69) is 5.32 Å². The number of hydrogen-bond donors (Lipinski definition) is 2. The van der Waals surface area contributed by atoms with Gasteiger partial charge >= 0.3 is 0 Å². The molecule has 0 saturated carbocycles. The molecule has 0 bridgehead atoms. The third kappa shape index (κ3) is 2.59. The highest BCUT2D eigenvalue weighted by atomic mass is 16.3. The van der Waals surface area contributed by atoms with Gasteiger partial charge in [0, 0.05) is 0 Å². The minimum Gasteiger partial charge on any atom is -0.383 e. The maximum Gasteiger partial charge on any atom is 0.262 e. The van der Waals surface area contributed by atoms with E-state index in [9.17, 15) is 19.5 Å². The summed E-state index contributed by atoms with van der Waals surface area (Å²) in [5.74, 6) is -1.41. The van der Waals surface area contributed by atoms with E-state index in [0.29, 0.717) is 17.5 Å². The summed E-state index contributed by atoms with van der Waals surface area (Å²) < 4.78 is 0. The van der Waals surface area contributed by atoms with Crippen LogP contribution in [0.1, 0.15) is 38.3 Å². The number of fused-ring (bicyclic) bond motifs is 2. The normalized spacial score (nSPS) is 20.9. The monoisotopic (exact) mass is 350 g/mol. The highest BCUT2D eigenvalue weighted by Gasteiger charge is 2.38. The molecule has 4 rings (SSSR count). The molecule has 1 unspecified atom stereocenters. The van der Waals surface area contributed by atoms with Crippen LogP contribution in [-0.4, -0.2) is 40.8 Å². The molecule has 0 aromatic heterocycles. The van der Waals surface area contributed by atoms with Crippen molar-refractivity contribution in [2.45, 2.75) is 18.4 Å². The van der Waals surface area contributed by atoms with E-state index in [1.807, 2.05) is 24.3 Å². The SMILES string of the molecule is O=C(CN1C(=O)c2ccccc2C1=O)NCC1(O)CCc2ccccc21. The molecular formula is C20H18N2O4. The molecule has 2 aromatic carbocycles. The quantitative estimate of drug-likeness (QED) is 0.812. The fraction of sp³-hybridized carbons (Fsp3) is 0.250. The topological polar surface area (TPSA) is 86.7 Å². The van der Waals surface area contributed by atoms with E-state index in [0.717, 1.165) is 22.4 Å². The van der Waals surface area contributed by atoms with Gasteiger partial charge in [0.15, 0.2) is 0 Å². The van der Waals surface area contributed by atoms with Crippen LogP contribution in [0.3, 0.4) is 0 Å². The van der Waals surface area contributed by atoms with E-state index >= 15 is 0 Å². The van der Waals surface area contributed by atoms with Gasteiger partial charge in [0.05, 0.1) is 17.7 Å². The number of amides is 3. The molecule has 0 saturated heterocycles. The van der Waals surface area contributed by atoms with Gasteiger partial charge in [0.2, 0.25) is 5.91 Å². The Morgan fingerprint density at radius 3 is 2.35 bits per heavy atom. The number of rotatable bonds is 4. The van der Waals surface area contributed by atoms with Crippen molar-refractivity contribution >= 4 is 17.7 Å². The van der Waals surface area contributed by atoms with Gasteiger partial charge in [0.1, 0.15) is 12.1 Å². The Labute approximate surface area is 150 Å². The first-order chi connectivity index (χ1) is 12.5. The molecular weight excluding hydrogens is 332 g/mol. The smallest absolute Gasteiger partial charge is 0.262 e. The van der Waals surface area contributed by atoms with E-state index in [1.54, 1.807) is 24.3 Å². The lowest BCUT2D eigenvalue weighted by Crippen LogP contribution is -2.45. The number of aliphatic hydroxyl groups is 1. The van der Waals surface area contributed by atoms with Crippen LogP contribution in [-0.2, 0) is 16.8 Å². The van der Waals surface area contributed by atoms with Crippen LogP contribution >= 0.6 is 0 Å². The number of imide groups is 1. The van der Waals surface area contributed by atoms with Gasteiger partial charge in [-0.15, -0.1) is 0 Å². The zero-order chi connectivity index (χ0) is 18.3. The highest BCUT2D eigenvalue weighted by molar-refractivity contribution is 6.22. The molecule has 2 N–H and O–H groups in total. The van der Waals surface area contributed by atoms with E-state index < -0.39 is 23.3 Å². The van der Waals surface area contributed by atoms with Gasteiger partial charge < -0.3 is 10.4 Å². The summed E-state index contributed by atoms with van der Waals surface area (Å²) in [6, 6.07) is 14.1. The predicted octanol–water partition coefficient (Wildman–Crippen LogP) is 1.23. The van der Waals surface area contributed by atoms with E-state index in [1.165, 1.54) is 0 Å². The van der Waals surface area contributed by atoms with Crippen LogP contribution in [0.2, 0.25) is 0 Å². The van der Waals surface area contributed by atoms with Crippen molar-refractivity contribution in [2.24, 2.45) is 0 Å². The summed E-state index contributed by atoms with van der Waals surface area (Å²) in [4.78, 5) is 37.8. The lowest BCUT2D eigenvalue weighted by Gasteiger charge is -2.25. The Bertz CT molecular complexity index is 889. The van der Waals surface area contributed by atoms with Crippen LogP contribution in [0.15, 0.2) is 48.5 Å². The summed E-state index contributed by atoms with van der Waals surface area (Å²) in [6.07, 6.45) is 1.28. The lowest BCUT2D eigenvalue weighted by molar-refractivity contribution is -0.122. The second-order valence-electron chi connectivity index (χ2n) is 6.71. The summed E-state index contributed by atoms with van der Waals surface area (Å²) in [6.45, 7) is -0.309. The van der Waals surface area contributed by atoms with Gasteiger partial charge in [-0.1, -0.05) is 36.4 Å². The van der Waals surface area contributed by atoms with Crippen LogP contribution in [0, 0.1) is 0 Å². The zero-order valence-corrected chi connectivity index (χ0v) is 14.1. The first kappa shape index (κ1) is 16.5. The maximum atomic E-state index is 12.3. The van der Waals surface area contributed by atoms with Crippen molar-refractivity contribution in [3.05, 3.63) is 70.8 Å². The molecule has 1 aliphatic carbocycles. The second-order valence-corrected chi connectivity index (χ2v) is 6.71. The van der Waals surface area contributed by atoms with Crippen molar-refractivity contribution in [1.82, 2.24) is 10.2 Å². The number of nitrogens with zero attached hydrogens (tertiary/aromatic N) is 1. The molecule has 0 spiro atoms. The van der Waals surface area contributed by atoms with Crippen LogP contribution in [0.25, 0.3) is 0 Å². The minimum absolute atomic E-state index is 0.0476. The largest absolute Gasteiger partial charge is 0.383 e. The van der Waals surface area contributed by atoms with E-state index in [-0.39, 0.29) is 13.1 Å². The summed E-state index contributed by atoms with van der Waals surface area (Å²) >= 11 is 0. The third-order valence-corrected chi connectivity index (χ3v) is 5.08. The molecule has 3 amide bonds. The average molecular weight is 350 g/mol. The molecule has 1 heterocycles. The molecule has 1 aliphatic heterocycles. The third-order valence-electron chi connectivity index (χ3n) is 5.08. The fourth-order valence-corrected chi connectivity index (χ4v) is 3.68. The Hall–Kier alpha value is -2.99. The molecule has 2 aliphatic rings. The Morgan fingerprint density at radius 2 is 1.65 bits per heavy atom. The minimum atomic E-state index is -1.12. The number of carbonyl (C=O) groups excluding carboxylic acids is 3. The van der Waals surface area contributed by atoms with Crippen LogP contribution in [0.4, 0.5) is 0 Å². The number of hydrogen-bond acceptors (Lipinski definition) is 4. The fourth-order valence-electron chi connectivity index (χ4n) is 3.68. The van der Waals surface area contributed by atoms with E-state index in [4.69, 9.17) is 0 Å². The molecule has 6 nitrogen and oxygen atoms in total. The first-order valence-corrected chi connectivity index (χ1v) is 8.52. The Kier molecular flexibility index (Phi) is 3.85. The molecule has 0 fully saturated rings. The van der Waals surface area contributed by atoms with Gasteiger partial charge in [-0.25, -0.2) is 0 Å². The average Bonchev–Trinajstić information content (AvgIpc) is 3.12. The molecule has 26 heavy (non-hydrogen) atoms. The predicted molar refractivity (Wildman–Crippen MR) is 93.5 cm³/mol. The summed E-state index contributed by atoms with van der Waals surface area (Å²) in [5.41, 5.74) is 1.40. The molecule has 6 heteroatoms. The van der Waals surface area contributed by atoms with Crippen molar-refractivity contribution in [1.29, 1.82) is 0 Å². The summed E-state index contributed by atoms with van der Waals surface area (Å²) in [5, 5.41) is 13.5. The standard InChI is InChI=1S/C20H18N2O4/c23-17(11-22-18(24)14-6-2-3-7-15(14)19(22)25)21-12-20(26)10-9-13-5-1-4-8-16(13)20/h1-8,26H,9-12H2,(H,21,23). The molecule has 0 radical (unpaired) electrons. The number of aryl methyl sites for hydroxylation is 1. The number of nitrogens with one attached hydrogen (secondary N) is 1. The number of benzene rings is 2. The molecule has 132 valence electrons. The van der Waals surface area contributed by atoms with Crippen molar-refractivity contribution < 1.29 is 19.5 Å². The number of carbonyl (C=O) groups is 3. The lowest BCUT2D eigenvalue weighted by atomic mass is 9.96. The van der Waals surface area contributed by atoms with Gasteiger partial charge in [0.25, 0.3) is 11.8 Å². The van der Waals surface area contributed by atoms with Crippen LogP contribution < -0.4 is 5.32 Å². The summed E-state index contributed by atoms with van der Waals surface area (Å²) in [7, 11) is 0. The van der Waals surface area contributed by atoms with Gasteiger partial charge in [-0.3, -0.25) is 19.3 Å². The maximum absolute atomic E-state index is 12.3. The second kappa shape index (κ2) is 6.07. The Morgan fingerprint density at radius 1 is 1.04 bits per heavy atom. The molecule has 1 atom stereocenters. The van der Waals surface area contributed by atoms with Crippen molar-refractivity contribution in [3.8, 4) is 0 Å². The highest BCUT2D eigenvalue weighted by Crippen LogP contribution is 2.36. The van der Waals surface area contributed by atoms with Gasteiger partial charge in [-0.2, -0.15) is 0 Å².